The molecule has 1 aromatic carbocycles. The van der Waals surface area contributed by atoms with Crippen molar-refractivity contribution >= 4 is 21.8 Å². The van der Waals surface area contributed by atoms with Crippen molar-refractivity contribution in [3.63, 3.8) is 0 Å². The maximum atomic E-state index is 12.6. The summed E-state index contributed by atoms with van der Waals surface area (Å²) in [6.07, 6.45) is 1.85. The average molecular weight is 314 g/mol. The largest absolute Gasteiger partial charge is 0.319 e. The van der Waals surface area contributed by atoms with Gasteiger partial charge in [0.25, 0.3) is 0 Å². The van der Waals surface area contributed by atoms with Crippen LogP contribution in [0.4, 0.5) is 0 Å². The molecule has 0 radical (unpaired) electrons. The molecule has 112 valence electrons. The van der Waals surface area contributed by atoms with E-state index in [-0.39, 0.29) is 0 Å². The third-order valence-electron chi connectivity index (χ3n) is 3.41. The minimum Gasteiger partial charge on any atom is -0.319 e. The Morgan fingerprint density at radius 2 is 1.95 bits per heavy atom. The highest BCUT2D eigenvalue weighted by atomic mass is 32.2. The normalized spacial score (nSPS) is 17.9. The molecule has 1 aliphatic heterocycles. The van der Waals surface area contributed by atoms with E-state index in [1.54, 1.807) is 16.4 Å². The molecule has 0 unspecified atom stereocenters. The van der Waals surface area contributed by atoms with Crippen LogP contribution in [-0.2, 0) is 16.4 Å². The third-order valence-corrected chi connectivity index (χ3v) is 6.37. The Kier molecular flexibility index (Phi) is 5.89. The molecule has 0 aromatic heterocycles. The van der Waals surface area contributed by atoms with E-state index < -0.39 is 10.0 Å². The van der Waals surface area contributed by atoms with Gasteiger partial charge in [-0.2, -0.15) is 16.1 Å². The van der Waals surface area contributed by atoms with Gasteiger partial charge >= 0.3 is 0 Å². The topological polar surface area (TPSA) is 49.4 Å². The second-order valence-electron chi connectivity index (χ2n) is 4.87. The summed E-state index contributed by atoms with van der Waals surface area (Å²) in [5.41, 5.74) is 1.16. The molecule has 6 heteroatoms. The molecule has 2 rings (SSSR count). The van der Waals surface area contributed by atoms with Crippen LogP contribution >= 0.6 is 11.8 Å². The predicted molar refractivity (Wildman–Crippen MR) is 84.8 cm³/mol. The van der Waals surface area contributed by atoms with Gasteiger partial charge in [-0.1, -0.05) is 12.1 Å². The SMILES string of the molecule is CNCCc1ccc(S(=O)(=O)N2CCCSCC2)cc1. The molecule has 1 aliphatic rings. The highest BCUT2D eigenvalue weighted by Gasteiger charge is 2.24. The molecule has 4 nitrogen and oxygen atoms in total. The third kappa shape index (κ3) is 3.97. The Morgan fingerprint density at radius 3 is 2.65 bits per heavy atom. The number of nitrogens with zero attached hydrogens (tertiary/aromatic N) is 1. The Bertz CT molecular complexity index is 506. The molecule has 1 heterocycles. The van der Waals surface area contributed by atoms with Gasteiger partial charge in [0.2, 0.25) is 10.0 Å². The van der Waals surface area contributed by atoms with Crippen molar-refractivity contribution in [2.75, 3.05) is 38.2 Å². The summed E-state index contributed by atoms with van der Waals surface area (Å²) >= 11 is 1.83. The smallest absolute Gasteiger partial charge is 0.243 e. The molecule has 0 spiro atoms. The lowest BCUT2D eigenvalue weighted by atomic mass is 10.1. The second kappa shape index (κ2) is 7.45. The number of likely N-dealkylation sites (N-methyl/N-ethyl adjacent to an activating group) is 1. The molecule has 0 amide bonds. The van der Waals surface area contributed by atoms with Crippen molar-refractivity contribution < 1.29 is 8.42 Å². The van der Waals surface area contributed by atoms with Gasteiger partial charge in [0.15, 0.2) is 0 Å². The molecule has 1 fully saturated rings. The monoisotopic (exact) mass is 314 g/mol. The molecule has 1 saturated heterocycles. The van der Waals surface area contributed by atoms with Crippen LogP contribution < -0.4 is 5.32 Å². The van der Waals surface area contributed by atoms with Gasteiger partial charge in [0.05, 0.1) is 4.90 Å². The van der Waals surface area contributed by atoms with Crippen molar-refractivity contribution in [3.05, 3.63) is 29.8 Å². The average Bonchev–Trinajstić information content (AvgIpc) is 2.75. The second-order valence-corrected chi connectivity index (χ2v) is 8.03. The Balaban J connectivity index is 2.12. The summed E-state index contributed by atoms with van der Waals surface area (Å²) < 4.78 is 26.8. The fourth-order valence-electron chi connectivity index (χ4n) is 2.21. The first-order valence-electron chi connectivity index (χ1n) is 6.96. The maximum absolute atomic E-state index is 12.6. The van der Waals surface area contributed by atoms with E-state index in [0.29, 0.717) is 18.0 Å². The van der Waals surface area contributed by atoms with E-state index >= 15 is 0 Å². The number of rotatable bonds is 5. The number of hydrogen-bond donors (Lipinski definition) is 1. The van der Waals surface area contributed by atoms with Crippen LogP contribution in [0.1, 0.15) is 12.0 Å². The molecule has 0 aliphatic carbocycles. The van der Waals surface area contributed by atoms with Crippen LogP contribution in [-0.4, -0.2) is 50.9 Å². The summed E-state index contributed by atoms with van der Waals surface area (Å²) in [4.78, 5) is 0.414. The summed E-state index contributed by atoms with van der Waals surface area (Å²) in [6, 6.07) is 7.30. The highest BCUT2D eigenvalue weighted by molar-refractivity contribution is 7.99. The van der Waals surface area contributed by atoms with Gasteiger partial charge in [-0.3, -0.25) is 0 Å². The number of sulfonamides is 1. The Hall–Kier alpha value is -0.560. The summed E-state index contributed by atoms with van der Waals surface area (Å²) in [5.74, 6) is 1.94. The van der Waals surface area contributed by atoms with Gasteiger partial charge in [-0.15, -0.1) is 0 Å². The number of benzene rings is 1. The molecular formula is C14H22N2O2S2. The Morgan fingerprint density at radius 1 is 1.20 bits per heavy atom. The standard InChI is InChI=1S/C14H22N2O2S2/c1-15-8-7-13-3-5-14(6-4-13)20(17,18)16-9-2-11-19-12-10-16/h3-6,15H,2,7-12H2,1H3. The zero-order valence-corrected chi connectivity index (χ0v) is 13.5. The van der Waals surface area contributed by atoms with Gasteiger partial charge in [0.1, 0.15) is 0 Å². The minimum atomic E-state index is -3.32. The van der Waals surface area contributed by atoms with Crippen molar-refractivity contribution in [1.82, 2.24) is 9.62 Å². The number of nitrogens with one attached hydrogen (secondary N) is 1. The highest BCUT2D eigenvalue weighted by Crippen LogP contribution is 2.20. The van der Waals surface area contributed by atoms with Crippen LogP contribution in [0.3, 0.4) is 0 Å². The van der Waals surface area contributed by atoms with E-state index in [1.165, 1.54) is 0 Å². The molecule has 0 bridgehead atoms. The molecule has 1 N–H and O–H groups in total. The van der Waals surface area contributed by atoms with E-state index in [9.17, 15) is 8.42 Å². The van der Waals surface area contributed by atoms with Gasteiger partial charge in [-0.25, -0.2) is 8.42 Å². The van der Waals surface area contributed by atoms with Crippen molar-refractivity contribution in [1.29, 1.82) is 0 Å². The zero-order chi connectivity index (χ0) is 14.4. The summed E-state index contributed by atoms with van der Waals surface area (Å²) in [7, 11) is -1.41. The quantitative estimate of drug-likeness (QED) is 0.896. The van der Waals surface area contributed by atoms with Gasteiger partial charge < -0.3 is 5.32 Å². The molecule has 1 aromatic rings. The van der Waals surface area contributed by atoms with E-state index in [0.717, 1.165) is 36.5 Å². The van der Waals surface area contributed by atoms with E-state index in [4.69, 9.17) is 0 Å². The first kappa shape index (κ1) is 15.8. The lowest BCUT2D eigenvalue weighted by Crippen LogP contribution is -2.33. The first-order valence-corrected chi connectivity index (χ1v) is 9.55. The van der Waals surface area contributed by atoms with Crippen LogP contribution in [0.5, 0.6) is 0 Å². The Labute approximate surface area is 126 Å². The fraction of sp³-hybridized carbons (Fsp3) is 0.571. The van der Waals surface area contributed by atoms with Crippen LogP contribution in [0, 0.1) is 0 Å². The minimum absolute atomic E-state index is 0.414. The van der Waals surface area contributed by atoms with Gasteiger partial charge in [-0.05, 0) is 49.9 Å². The molecular weight excluding hydrogens is 292 g/mol. The van der Waals surface area contributed by atoms with Crippen LogP contribution in [0.15, 0.2) is 29.2 Å². The molecule has 20 heavy (non-hydrogen) atoms. The fourth-order valence-corrected chi connectivity index (χ4v) is 4.69. The van der Waals surface area contributed by atoms with E-state index in [1.807, 2.05) is 30.9 Å². The summed E-state index contributed by atoms with van der Waals surface area (Å²) in [6.45, 7) is 2.15. The number of hydrogen-bond acceptors (Lipinski definition) is 4. The summed E-state index contributed by atoms with van der Waals surface area (Å²) in [5, 5.41) is 3.09. The first-order chi connectivity index (χ1) is 9.64. The molecule has 0 saturated carbocycles. The van der Waals surface area contributed by atoms with Crippen molar-refractivity contribution in [2.24, 2.45) is 0 Å². The predicted octanol–water partition coefficient (Wildman–Crippen LogP) is 1.58. The van der Waals surface area contributed by atoms with Crippen molar-refractivity contribution in [2.45, 2.75) is 17.7 Å². The number of thioether (sulfide) groups is 1. The van der Waals surface area contributed by atoms with Gasteiger partial charge in [0, 0.05) is 18.8 Å². The lowest BCUT2D eigenvalue weighted by molar-refractivity contribution is 0.435. The van der Waals surface area contributed by atoms with E-state index in [2.05, 4.69) is 5.32 Å². The van der Waals surface area contributed by atoms with Crippen LogP contribution in [0.2, 0.25) is 0 Å². The zero-order valence-electron chi connectivity index (χ0n) is 11.8. The van der Waals surface area contributed by atoms with Crippen molar-refractivity contribution in [3.8, 4) is 0 Å². The maximum Gasteiger partial charge on any atom is 0.243 e. The van der Waals surface area contributed by atoms with Crippen LogP contribution in [0.25, 0.3) is 0 Å². The molecule has 0 atom stereocenters. The lowest BCUT2D eigenvalue weighted by Gasteiger charge is -2.19.